The minimum Gasteiger partial charge on any atom is -0.478 e. The highest BCUT2D eigenvalue weighted by Crippen LogP contribution is 2.26. The van der Waals surface area contributed by atoms with Crippen LogP contribution in [0.3, 0.4) is 0 Å². The Kier molecular flexibility index (Phi) is 4.73. The average molecular weight is 291 g/mol. The van der Waals surface area contributed by atoms with Gasteiger partial charge in [-0.1, -0.05) is 0 Å². The Hall–Kier alpha value is -1.10. The maximum Gasteiger partial charge on any atom is 0.347 e. The van der Waals surface area contributed by atoms with Gasteiger partial charge in [0, 0.05) is 0 Å². The van der Waals surface area contributed by atoms with Crippen LogP contribution < -0.4 is 4.74 Å². The smallest absolute Gasteiger partial charge is 0.347 e. The molecular formula is C11H12BrFO3. The number of esters is 1. The second-order valence-corrected chi connectivity index (χ2v) is 3.94. The molecule has 1 rings (SSSR count). The third-order valence-corrected chi connectivity index (χ3v) is 2.44. The largest absolute Gasteiger partial charge is 0.478 e. The van der Waals surface area contributed by atoms with Crippen molar-refractivity contribution in [3.8, 4) is 5.75 Å². The van der Waals surface area contributed by atoms with Crippen molar-refractivity contribution in [1.82, 2.24) is 0 Å². The lowest BCUT2D eigenvalue weighted by Gasteiger charge is -2.14. The zero-order valence-electron chi connectivity index (χ0n) is 9.00. The van der Waals surface area contributed by atoms with Gasteiger partial charge in [0.2, 0.25) is 0 Å². The van der Waals surface area contributed by atoms with Gasteiger partial charge in [-0.3, -0.25) is 0 Å². The Bertz CT molecular complexity index is 381. The summed E-state index contributed by atoms with van der Waals surface area (Å²) in [7, 11) is 0. The number of hydrogen-bond donors (Lipinski definition) is 0. The van der Waals surface area contributed by atoms with Gasteiger partial charge in [0.1, 0.15) is 11.6 Å². The Balaban J connectivity index is 2.69. The minimum atomic E-state index is -0.721. The van der Waals surface area contributed by atoms with E-state index in [0.29, 0.717) is 16.8 Å². The van der Waals surface area contributed by atoms with Crippen LogP contribution in [0.5, 0.6) is 5.75 Å². The first-order valence-corrected chi connectivity index (χ1v) is 5.62. The summed E-state index contributed by atoms with van der Waals surface area (Å²) in [6.45, 7) is 3.60. The summed E-state index contributed by atoms with van der Waals surface area (Å²) in [5.41, 5.74) is 0. The van der Waals surface area contributed by atoms with Crippen LogP contribution in [0.15, 0.2) is 22.7 Å². The first kappa shape index (κ1) is 13.0. The molecule has 0 saturated heterocycles. The van der Waals surface area contributed by atoms with E-state index >= 15 is 0 Å². The van der Waals surface area contributed by atoms with E-state index in [2.05, 4.69) is 15.9 Å². The van der Waals surface area contributed by atoms with E-state index in [4.69, 9.17) is 9.47 Å². The first-order chi connectivity index (χ1) is 7.54. The lowest BCUT2D eigenvalue weighted by molar-refractivity contribution is -0.150. The molecule has 1 aromatic carbocycles. The molecule has 16 heavy (non-hydrogen) atoms. The fraction of sp³-hybridized carbons (Fsp3) is 0.364. The van der Waals surface area contributed by atoms with Crippen LogP contribution in [0, 0.1) is 5.82 Å². The topological polar surface area (TPSA) is 35.5 Å². The molecule has 0 aliphatic heterocycles. The molecule has 0 aliphatic carbocycles. The quantitative estimate of drug-likeness (QED) is 0.800. The predicted octanol–water partition coefficient (Wildman–Crippen LogP) is 2.92. The molecule has 3 nitrogen and oxygen atoms in total. The number of ether oxygens (including phenoxy) is 2. The number of hydrogen-bond acceptors (Lipinski definition) is 3. The average Bonchev–Trinajstić information content (AvgIpc) is 2.22. The summed E-state index contributed by atoms with van der Waals surface area (Å²) in [4.78, 5) is 11.3. The lowest BCUT2D eigenvalue weighted by atomic mass is 10.3. The van der Waals surface area contributed by atoms with Gasteiger partial charge in [-0.15, -0.1) is 0 Å². The molecule has 1 aromatic rings. The molecule has 0 fully saturated rings. The van der Waals surface area contributed by atoms with Gasteiger partial charge in [0.25, 0.3) is 0 Å². The highest BCUT2D eigenvalue weighted by atomic mass is 79.9. The first-order valence-electron chi connectivity index (χ1n) is 4.83. The Labute approximate surface area is 102 Å². The van der Waals surface area contributed by atoms with Gasteiger partial charge >= 0.3 is 5.97 Å². The zero-order valence-corrected chi connectivity index (χ0v) is 10.6. The minimum absolute atomic E-state index is 0.303. The van der Waals surface area contributed by atoms with Crippen molar-refractivity contribution >= 4 is 21.9 Å². The Morgan fingerprint density at radius 3 is 2.81 bits per heavy atom. The summed E-state index contributed by atoms with van der Waals surface area (Å²) in [6.07, 6.45) is -0.721. The lowest BCUT2D eigenvalue weighted by Crippen LogP contribution is -2.26. The molecule has 1 atom stereocenters. The molecule has 0 heterocycles. The van der Waals surface area contributed by atoms with Crippen molar-refractivity contribution in [3.63, 3.8) is 0 Å². The summed E-state index contributed by atoms with van der Waals surface area (Å²) in [5, 5.41) is 0. The van der Waals surface area contributed by atoms with E-state index in [-0.39, 0.29) is 5.82 Å². The van der Waals surface area contributed by atoms with Crippen molar-refractivity contribution < 1.29 is 18.7 Å². The molecular weight excluding hydrogens is 279 g/mol. The number of carbonyl (C=O) groups excluding carboxylic acids is 1. The normalized spacial score (nSPS) is 12.0. The Morgan fingerprint density at radius 2 is 2.25 bits per heavy atom. The van der Waals surface area contributed by atoms with Gasteiger partial charge in [-0.25, -0.2) is 9.18 Å². The number of halogens is 2. The zero-order chi connectivity index (χ0) is 12.1. The van der Waals surface area contributed by atoms with Crippen LogP contribution in [0.2, 0.25) is 0 Å². The maximum absolute atomic E-state index is 12.8. The maximum atomic E-state index is 12.8. The summed E-state index contributed by atoms with van der Waals surface area (Å²) in [5.74, 6) is -0.413. The molecule has 0 saturated carbocycles. The van der Waals surface area contributed by atoms with Crippen LogP contribution in [0.1, 0.15) is 13.8 Å². The van der Waals surface area contributed by atoms with Crippen LogP contribution in [-0.2, 0) is 9.53 Å². The highest BCUT2D eigenvalue weighted by Gasteiger charge is 2.16. The van der Waals surface area contributed by atoms with E-state index in [1.165, 1.54) is 18.2 Å². The second-order valence-electron chi connectivity index (χ2n) is 3.09. The van der Waals surface area contributed by atoms with Crippen LogP contribution >= 0.6 is 15.9 Å². The van der Waals surface area contributed by atoms with Crippen molar-refractivity contribution in [2.45, 2.75) is 20.0 Å². The van der Waals surface area contributed by atoms with Gasteiger partial charge in [-0.05, 0) is 48.0 Å². The molecule has 0 radical (unpaired) electrons. The third kappa shape index (κ3) is 3.48. The van der Waals surface area contributed by atoms with Crippen LogP contribution in [0.25, 0.3) is 0 Å². The number of carbonyl (C=O) groups is 1. The van der Waals surface area contributed by atoms with E-state index in [1.54, 1.807) is 13.8 Å². The van der Waals surface area contributed by atoms with Crippen molar-refractivity contribution in [3.05, 3.63) is 28.5 Å². The van der Waals surface area contributed by atoms with Crippen molar-refractivity contribution in [2.75, 3.05) is 6.61 Å². The van der Waals surface area contributed by atoms with Gasteiger partial charge in [-0.2, -0.15) is 0 Å². The number of benzene rings is 1. The third-order valence-electron chi connectivity index (χ3n) is 1.82. The fourth-order valence-corrected chi connectivity index (χ4v) is 1.51. The fourth-order valence-electron chi connectivity index (χ4n) is 1.07. The van der Waals surface area contributed by atoms with E-state index in [0.717, 1.165) is 0 Å². The Morgan fingerprint density at radius 1 is 1.56 bits per heavy atom. The summed E-state index contributed by atoms with van der Waals surface area (Å²) in [6, 6.07) is 3.99. The molecule has 0 spiro atoms. The highest BCUT2D eigenvalue weighted by molar-refractivity contribution is 9.10. The molecule has 0 bridgehead atoms. The van der Waals surface area contributed by atoms with Gasteiger partial charge in [0.15, 0.2) is 6.10 Å². The molecule has 88 valence electrons. The van der Waals surface area contributed by atoms with E-state index in [1.807, 2.05) is 0 Å². The summed E-state index contributed by atoms with van der Waals surface area (Å²) >= 11 is 3.15. The molecule has 0 N–H and O–H groups in total. The molecule has 1 unspecified atom stereocenters. The molecule has 5 heteroatoms. The molecule has 0 aromatic heterocycles. The van der Waals surface area contributed by atoms with Crippen molar-refractivity contribution in [2.24, 2.45) is 0 Å². The van der Waals surface area contributed by atoms with Crippen LogP contribution in [-0.4, -0.2) is 18.7 Å². The summed E-state index contributed by atoms with van der Waals surface area (Å²) < 4.78 is 23.4. The van der Waals surface area contributed by atoms with Gasteiger partial charge < -0.3 is 9.47 Å². The molecule has 0 amide bonds. The van der Waals surface area contributed by atoms with Gasteiger partial charge in [0.05, 0.1) is 11.1 Å². The molecule has 0 aliphatic rings. The van der Waals surface area contributed by atoms with Crippen LogP contribution in [0.4, 0.5) is 4.39 Å². The monoisotopic (exact) mass is 290 g/mol. The standard InChI is InChI=1S/C11H12BrFO3/c1-3-15-11(14)7(2)16-10-5-4-8(13)6-9(10)12/h4-7H,3H2,1-2H3. The SMILES string of the molecule is CCOC(=O)C(C)Oc1ccc(F)cc1Br. The predicted molar refractivity (Wildman–Crippen MR) is 60.8 cm³/mol. The van der Waals surface area contributed by atoms with Crippen molar-refractivity contribution in [1.29, 1.82) is 0 Å². The van der Waals surface area contributed by atoms with E-state index < -0.39 is 12.1 Å². The van der Waals surface area contributed by atoms with E-state index in [9.17, 15) is 9.18 Å². The number of rotatable bonds is 4. The second kappa shape index (κ2) is 5.84.